The number of nitrogens with one attached hydrogen (secondary N) is 1. The van der Waals surface area contributed by atoms with Crippen LogP contribution in [0.3, 0.4) is 0 Å². The van der Waals surface area contributed by atoms with Gasteiger partial charge in [-0.2, -0.15) is 4.99 Å². The van der Waals surface area contributed by atoms with Crippen LogP contribution in [0.15, 0.2) is 58.4 Å². The van der Waals surface area contributed by atoms with Gasteiger partial charge in [-0.15, -0.1) is 0 Å². The van der Waals surface area contributed by atoms with Crippen molar-refractivity contribution in [2.45, 2.75) is 6.92 Å². The smallest absolute Gasteiger partial charge is 0.287 e. The van der Waals surface area contributed by atoms with Crippen LogP contribution in [-0.4, -0.2) is 29.4 Å². The van der Waals surface area contributed by atoms with Gasteiger partial charge in [-0.3, -0.25) is 19.3 Å². The summed E-state index contributed by atoms with van der Waals surface area (Å²) in [6.07, 6.45) is 0. The van der Waals surface area contributed by atoms with Crippen LogP contribution in [0.25, 0.3) is 5.57 Å². The quantitative estimate of drug-likeness (QED) is 0.780. The van der Waals surface area contributed by atoms with E-state index in [1.807, 2.05) is 25.1 Å². The van der Waals surface area contributed by atoms with Crippen molar-refractivity contribution in [1.29, 1.82) is 0 Å². The highest BCUT2D eigenvalue weighted by molar-refractivity contribution is 8.18. The molecule has 4 rings (SSSR count). The van der Waals surface area contributed by atoms with Crippen LogP contribution in [0.2, 0.25) is 0 Å². The Morgan fingerprint density at radius 1 is 1.14 bits per heavy atom. The number of para-hydroxylation sites is 2. The third kappa shape index (κ3) is 3.07. The fourth-order valence-corrected chi connectivity index (χ4v) is 3.95. The van der Waals surface area contributed by atoms with Crippen molar-refractivity contribution in [2.75, 3.05) is 16.8 Å². The van der Waals surface area contributed by atoms with Crippen LogP contribution in [0.4, 0.5) is 11.4 Å². The Bertz CT molecular complexity index is 1090. The molecule has 0 saturated carbocycles. The second-order valence-electron chi connectivity index (χ2n) is 6.33. The van der Waals surface area contributed by atoms with E-state index in [9.17, 15) is 14.4 Å². The molecule has 28 heavy (non-hydrogen) atoms. The number of carbonyl (C=O) groups excluding carboxylic acids is 3. The molecule has 8 heteroatoms. The van der Waals surface area contributed by atoms with Crippen LogP contribution in [0, 0.1) is 6.92 Å². The average molecular weight is 392 g/mol. The molecule has 0 spiro atoms. The van der Waals surface area contributed by atoms with E-state index in [0.717, 1.165) is 17.3 Å². The van der Waals surface area contributed by atoms with Gasteiger partial charge in [-0.1, -0.05) is 36.4 Å². The van der Waals surface area contributed by atoms with Crippen LogP contribution >= 0.6 is 11.8 Å². The summed E-state index contributed by atoms with van der Waals surface area (Å²) in [6, 6.07) is 14.4. The molecule has 2 aliphatic heterocycles. The molecule has 2 aliphatic rings. The molecule has 0 fully saturated rings. The number of benzene rings is 2. The molecule has 7 nitrogen and oxygen atoms in total. The Labute approximate surface area is 165 Å². The Morgan fingerprint density at radius 2 is 1.86 bits per heavy atom. The average Bonchev–Trinajstić information content (AvgIpc) is 3.13. The number of aliphatic imine (C=N–C) groups is 1. The van der Waals surface area contributed by atoms with E-state index in [0.29, 0.717) is 16.9 Å². The summed E-state index contributed by atoms with van der Waals surface area (Å²) >= 11 is 0.974. The van der Waals surface area contributed by atoms with Gasteiger partial charge >= 0.3 is 0 Å². The van der Waals surface area contributed by atoms with Crippen LogP contribution in [0.5, 0.6) is 0 Å². The zero-order valence-corrected chi connectivity index (χ0v) is 15.7. The second-order valence-corrected chi connectivity index (χ2v) is 7.36. The minimum Gasteiger partial charge on any atom is -0.378 e. The van der Waals surface area contributed by atoms with Gasteiger partial charge in [0.2, 0.25) is 5.91 Å². The molecule has 0 unspecified atom stereocenters. The van der Waals surface area contributed by atoms with Crippen molar-refractivity contribution >= 4 is 51.6 Å². The maximum atomic E-state index is 13.1. The third-order valence-electron chi connectivity index (χ3n) is 4.48. The minimum atomic E-state index is -0.535. The van der Waals surface area contributed by atoms with Gasteiger partial charge in [0.05, 0.1) is 16.2 Å². The number of hydrogen-bond acceptors (Lipinski definition) is 5. The molecule has 0 aliphatic carbocycles. The van der Waals surface area contributed by atoms with E-state index in [1.165, 1.54) is 4.90 Å². The summed E-state index contributed by atoms with van der Waals surface area (Å²) in [5.41, 5.74) is 8.65. The molecule has 0 bridgehead atoms. The Balaban J connectivity index is 1.65. The van der Waals surface area contributed by atoms with Gasteiger partial charge in [-0.05, 0) is 36.4 Å². The largest absolute Gasteiger partial charge is 0.378 e. The van der Waals surface area contributed by atoms with Gasteiger partial charge in [0.1, 0.15) is 6.54 Å². The summed E-state index contributed by atoms with van der Waals surface area (Å²) in [4.78, 5) is 43.1. The van der Waals surface area contributed by atoms with Crippen LogP contribution in [0.1, 0.15) is 11.1 Å². The predicted molar refractivity (Wildman–Crippen MR) is 110 cm³/mol. The van der Waals surface area contributed by atoms with Gasteiger partial charge in [0, 0.05) is 11.3 Å². The number of aryl methyl sites for hydroxylation is 1. The van der Waals surface area contributed by atoms with Crippen molar-refractivity contribution in [2.24, 2.45) is 10.7 Å². The lowest BCUT2D eigenvalue weighted by Gasteiger charge is -2.17. The number of carbonyl (C=O) groups is 3. The number of nitrogens with zero attached hydrogens (tertiary/aromatic N) is 2. The number of rotatable bonds is 3. The zero-order valence-electron chi connectivity index (χ0n) is 14.9. The van der Waals surface area contributed by atoms with Crippen LogP contribution in [-0.2, 0) is 14.4 Å². The van der Waals surface area contributed by atoms with Crippen molar-refractivity contribution in [3.8, 4) is 0 Å². The Kier molecular flexibility index (Phi) is 4.48. The maximum absolute atomic E-state index is 13.1. The summed E-state index contributed by atoms with van der Waals surface area (Å²) in [7, 11) is 0. The number of amides is 3. The highest BCUT2D eigenvalue weighted by Crippen LogP contribution is 2.42. The molecule has 3 amide bonds. The lowest BCUT2D eigenvalue weighted by Crippen LogP contribution is -2.35. The van der Waals surface area contributed by atoms with E-state index in [-0.39, 0.29) is 28.1 Å². The van der Waals surface area contributed by atoms with E-state index in [1.54, 1.807) is 30.3 Å². The second kappa shape index (κ2) is 6.97. The van der Waals surface area contributed by atoms with E-state index in [4.69, 9.17) is 5.73 Å². The Morgan fingerprint density at radius 3 is 2.57 bits per heavy atom. The number of thioether (sulfide) groups is 1. The number of hydrogen-bond donors (Lipinski definition) is 2. The first-order chi connectivity index (χ1) is 13.5. The van der Waals surface area contributed by atoms with Crippen molar-refractivity contribution in [3.63, 3.8) is 0 Å². The molecular formula is C20H16N4O3S. The topological polar surface area (TPSA) is 105 Å². The lowest BCUT2D eigenvalue weighted by molar-refractivity contribution is -0.118. The van der Waals surface area contributed by atoms with Crippen molar-refractivity contribution < 1.29 is 14.4 Å². The SMILES string of the molecule is Cc1ccccc1NC(=O)CN1C(=O)/C(=C2/SC(N)=NC2=O)c2ccccc21. The molecule has 2 aromatic rings. The zero-order chi connectivity index (χ0) is 19.8. The first kappa shape index (κ1) is 18.0. The fourth-order valence-electron chi connectivity index (χ4n) is 3.18. The summed E-state index contributed by atoms with van der Waals surface area (Å²) < 4.78 is 0. The molecule has 0 atom stereocenters. The monoisotopic (exact) mass is 392 g/mol. The van der Waals surface area contributed by atoms with E-state index in [2.05, 4.69) is 10.3 Å². The van der Waals surface area contributed by atoms with Gasteiger partial charge in [-0.25, -0.2) is 0 Å². The van der Waals surface area contributed by atoms with E-state index >= 15 is 0 Å². The van der Waals surface area contributed by atoms with Gasteiger partial charge < -0.3 is 11.1 Å². The highest BCUT2D eigenvalue weighted by atomic mass is 32.2. The predicted octanol–water partition coefficient (Wildman–Crippen LogP) is 2.28. The lowest BCUT2D eigenvalue weighted by atomic mass is 10.1. The molecule has 3 N–H and O–H groups in total. The number of amidine groups is 1. The van der Waals surface area contributed by atoms with Gasteiger partial charge in [0.25, 0.3) is 11.8 Å². The van der Waals surface area contributed by atoms with Crippen molar-refractivity contribution in [3.05, 3.63) is 64.6 Å². The van der Waals surface area contributed by atoms with Crippen LogP contribution < -0.4 is 16.0 Å². The standard InChI is InChI=1S/C20H16N4O3S/c1-11-6-2-4-8-13(11)22-15(25)10-24-14-9-5-3-7-12(14)16(19(24)27)17-18(26)23-20(21)28-17/h2-9H,10H2,1H3,(H,22,25)(H2,21,23,26)/b17-16+. The third-order valence-corrected chi connectivity index (χ3v) is 5.37. The summed E-state index contributed by atoms with van der Waals surface area (Å²) in [6.45, 7) is 1.72. The van der Waals surface area contributed by atoms with Gasteiger partial charge in [0.15, 0.2) is 5.17 Å². The fraction of sp³-hybridized carbons (Fsp3) is 0.100. The summed E-state index contributed by atoms with van der Waals surface area (Å²) in [5, 5.41) is 2.93. The molecule has 2 aromatic carbocycles. The first-order valence-electron chi connectivity index (χ1n) is 8.53. The first-order valence-corrected chi connectivity index (χ1v) is 9.34. The number of nitrogens with two attached hydrogens (primary N) is 1. The molecule has 0 saturated heterocycles. The van der Waals surface area contributed by atoms with Crippen molar-refractivity contribution in [1.82, 2.24) is 0 Å². The molecule has 0 aromatic heterocycles. The number of anilines is 2. The molecule has 0 radical (unpaired) electrons. The maximum Gasteiger partial charge on any atom is 0.287 e. The summed E-state index contributed by atoms with van der Waals surface area (Å²) in [5.74, 6) is -1.28. The minimum absolute atomic E-state index is 0.105. The highest BCUT2D eigenvalue weighted by Gasteiger charge is 2.39. The molecule has 2 heterocycles. The van der Waals surface area contributed by atoms with E-state index < -0.39 is 11.8 Å². The molecule has 140 valence electrons. The molecular weight excluding hydrogens is 376 g/mol. The Hall–Kier alpha value is -3.39. The normalized spacial score (nSPS) is 18.3. The number of fused-ring (bicyclic) bond motifs is 1.